The summed E-state index contributed by atoms with van der Waals surface area (Å²) < 4.78 is 10.8. The van der Waals surface area contributed by atoms with Gasteiger partial charge in [-0.15, -0.1) is 0 Å². The van der Waals surface area contributed by atoms with Crippen LogP contribution in [0.4, 0.5) is 5.69 Å². The van der Waals surface area contributed by atoms with Crippen LogP contribution in [0.2, 0.25) is 0 Å². The summed E-state index contributed by atoms with van der Waals surface area (Å²) in [5.41, 5.74) is 2.16. The minimum absolute atomic E-state index is 0.328. The lowest BCUT2D eigenvalue weighted by Crippen LogP contribution is -2.51. The van der Waals surface area contributed by atoms with Gasteiger partial charge in [-0.1, -0.05) is 25.1 Å². The van der Waals surface area contributed by atoms with Crippen LogP contribution in [-0.4, -0.2) is 43.9 Å². The fourth-order valence-electron chi connectivity index (χ4n) is 3.48. The summed E-state index contributed by atoms with van der Waals surface area (Å²) in [6.45, 7) is 9.55. The number of piperidine rings is 1. The van der Waals surface area contributed by atoms with Crippen LogP contribution >= 0.6 is 0 Å². The van der Waals surface area contributed by atoms with Gasteiger partial charge in [-0.25, -0.2) is 4.99 Å². The topological polar surface area (TPSA) is 74.9 Å². The van der Waals surface area contributed by atoms with Crippen molar-refractivity contribution in [3.8, 4) is 5.75 Å². The first-order valence-electron chi connectivity index (χ1n) is 10.5. The Balaban J connectivity index is 1.62. The lowest BCUT2D eigenvalue weighted by Gasteiger charge is -2.35. The van der Waals surface area contributed by atoms with Crippen LogP contribution in [-0.2, 0) is 6.54 Å². The van der Waals surface area contributed by atoms with E-state index in [1.807, 2.05) is 18.2 Å². The highest BCUT2D eigenvalue weighted by atomic mass is 16.5. The van der Waals surface area contributed by atoms with Gasteiger partial charge in [0.15, 0.2) is 11.7 Å². The van der Waals surface area contributed by atoms with Gasteiger partial charge in [0.1, 0.15) is 12.3 Å². The van der Waals surface area contributed by atoms with Crippen molar-refractivity contribution >= 4 is 11.6 Å². The van der Waals surface area contributed by atoms with Crippen LogP contribution in [0, 0.1) is 0 Å². The molecule has 3 rings (SSSR count). The first kappa shape index (κ1) is 21.0. The van der Waals surface area contributed by atoms with E-state index < -0.39 is 0 Å². The smallest absolute Gasteiger partial charge is 0.191 e. The third kappa shape index (κ3) is 5.89. The summed E-state index contributed by atoms with van der Waals surface area (Å²) in [4.78, 5) is 7.10. The lowest BCUT2D eigenvalue weighted by atomic mass is 10.0. The number of benzene rings is 1. The van der Waals surface area contributed by atoms with Gasteiger partial charge >= 0.3 is 0 Å². The molecule has 2 aromatic rings. The number of hydrogen-bond acceptors (Lipinski definition) is 5. The van der Waals surface area contributed by atoms with E-state index in [-0.39, 0.29) is 0 Å². The predicted molar refractivity (Wildman–Crippen MR) is 117 cm³/mol. The summed E-state index contributed by atoms with van der Waals surface area (Å²) in [5, 5.41) is 11.0. The quantitative estimate of drug-likeness (QED) is 0.548. The molecule has 1 aliphatic rings. The van der Waals surface area contributed by atoms with E-state index in [2.05, 4.69) is 53.6 Å². The van der Waals surface area contributed by atoms with E-state index in [0.29, 0.717) is 18.5 Å². The Hall–Kier alpha value is -2.70. The summed E-state index contributed by atoms with van der Waals surface area (Å²) in [5.74, 6) is 2.84. The Bertz CT molecular complexity index is 802. The van der Waals surface area contributed by atoms with Gasteiger partial charge in [0.2, 0.25) is 0 Å². The van der Waals surface area contributed by atoms with Crippen LogP contribution in [0.25, 0.3) is 0 Å². The average Bonchev–Trinajstić information content (AvgIpc) is 3.22. The fraction of sp³-hybridized carbons (Fsp3) is 0.545. The molecule has 0 spiro atoms. The summed E-state index contributed by atoms with van der Waals surface area (Å²) in [6, 6.07) is 10.6. The number of nitrogens with zero attached hydrogens (tertiary/aromatic N) is 3. The van der Waals surface area contributed by atoms with Crippen LogP contribution < -0.4 is 20.3 Å². The molecule has 2 N–H and O–H groups in total. The van der Waals surface area contributed by atoms with E-state index in [1.54, 1.807) is 7.11 Å². The van der Waals surface area contributed by atoms with Crippen molar-refractivity contribution in [2.45, 2.75) is 52.1 Å². The molecule has 29 heavy (non-hydrogen) atoms. The molecule has 1 atom stereocenters. The van der Waals surface area contributed by atoms with Crippen LogP contribution in [0.15, 0.2) is 39.8 Å². The molecule has 158 valence electrons. The average molecular weight is 400 g/mol. The predicted octanol–water partition coefficient (Wildman–Crippen LogP) is 3.53. The van der Waals surface area contributed by atoms with Crippen LogP contribution in [0.5, 0.6) is 5.75 Å². The van der Waals surface area contributed by atoms with E-state index in [1.165, 1.54) is 5.69 Å². The number of anilines is 1. The van der Waals surface area contributed by atoms with Crippen molar-refractivity contribution in [1.82, 2.24) is 15.8 Å². The molecule has 1 unspecified atom stereocenters. The zero-order valence-corrected chi connectivity index (χ0v) is 17.9. The minimum atomic E-state index is 0.328. The van der Waals surface area contributed by atoms with E-state index in [9.17, 15) is 0 Å². The molecule has 0 bridgehead atoms. The number of hydrogen-bond donors (Lipinski definition) is 2. The normalized spacial score (nSPS) is 17.5. The van der Waals surface area contributed by atoms with Crippen LogP contribution in [0.3, 0.4) is 0 Å². The highest BCUT2D eigenvalue weighted by Gasteiger charge is 2.21. The molecule has 2 heterocycles. The van der Waals surface area contributed by atoms with Gasteiger partial charge in [-0.2, -0.15) is 0 Å². The van der Waals surface area contributed by atoms with Gasteiger partial charge in [0, 0.05) is 43.5 Å². The van der Waals surface area contributed by atoms with Crippen molar-refractivity contribution < 1.29 is 9.26 Å². The molecule has 0 radical (unpaired) electrons. The first-order chi connectivity index (χ1) is 14.1. The number of methoxy groups -OCH3 is 1. The second kappa shape index (κ2) is 10.2. The molecule has 0 aliphatic carbocycles. The van der Waals surface area contributed by atoms with Crippen molar-refractivity contribution in [3.05, 3.63) is 41.8 Å². The Labute approximate surface area is 173 Å². The molecule has 0 amide bonds. The number of aliphatic imine (C=N–C) groups is 1. The van der Waals surface area contributed by atoms with E-state index in [0.717, 1.165) is 55.6 Å². The standard InChI is InChI=1S/C22H33N5O2/c1-5-23-22(24-14-20-13-21(16(2)3)26-29-20)25-17-8-7-11-27(15-17)18-9-6-10-19(12-18)28-4/h6,9-10,12-13,16-17H,5,7-8,11,14-15H2,1-4H3,(H2,23,24,25). The highest BCUT2D eigenvalue weighted by molar-refractivity contribution is 5.80. The number of aromatic nitrogens is 1. The number of nitrogens with one attached hydrogen (secondary N) is 2. The van der Waals surface area contributed by atoms with Crippen molar-refractivity contribution in [3.63, 3.8) is 0 Å². The van der Waals surface area contributed by atoms with Gasteiger partial charge in [0.25, 0.3) is 0 Å². The second-order valence-corrected chi connectivity index (χ2v) is 7.70. The van der Waals surface area contributed by atoms with Gasteiger partial charge in [-0.3, -0.25) is 0 Å². The van der Waals surface area contributed by atoms with E-state index >= 15 is 0 Å². The fourth-order valence-corrected chi connectivity index (χ4v) is 3.48. The second-order valence-electron chi connectivity index (χ2n) is 7.70. The Morgan fingerprint density at radius 1 is 1.38 bits per heavy atom. The summed E-state index contributed by atoms with van der Waals surface area (Å²) in [6.07, 6.45) is 2.25. The number of guanidine groups is 1. The summed E-state index contributed by atoms with van der Waals surface area (Å²) >= 11 is 0. The zero-order valence-electron chi connectivity index (χ0n) is 17.9. The first-order valence-corrected chi connectivity index (χ1v) is 10.5. The lowest BCUT2D eigenvalue weighted by molar-refractivity contribution is 0.376. The largest absolute Gasteiger partial charge is 0.497 e. The molecule has 7 nitrogen and oxygen atoms in total. The Morgan fingerprint density at radius 2 is 2.24 bits per heavy atom. The van der Waals surface area contributed by atoms with Crippen molar-refractivity contribution in [1.29, 1.82) is 0 Å². The molecule has 1 saturated heterocycles. The maximum Gasteiger partial charge on any atom is 0.191 e. The molecule has 1 aromatic carbocycles. The molecular weight excluding hydrogens is 366 g/mol. The molecule has 1 aromatic heterocycles. The molecule has 7 heteroatoms. The van der Waals surface area contributed by atoms with Gasteiger partial charge in [-0.05, 0) is 37.8 Å². The Morgan fingerprint density at radius 3 is 2.97 bits per heavy atom. The van der Waals surface area contributed by atoms with Crippen molar-refractivity contribution in [2.75, 3.05) is 31.6 Å². The number of rotatable bonds is 7. The maximum atomic E-state index is 5.41. The highest BCUT2D eigenvalue weighted by Crippen LogP contribution is 2.24. The van der Waals surface area contributed by atoms with Gasteiger partial charge < -0.3 is 24.8 Å². The molecule has 1 fully saturated rings. The number of ether oxygens (including phenoxy) is 1. The SMILES string of the molecule is CCNC(=NCc1cc(C(C)C)no1)NC1CCCN(c2cccc(OC)c2)C1. The summed E-state index contributed by atoms with van der Waals surface area (Å²) in [7, 11) is 1.71. The van der Waals surface area contributed by atoms with Crippen LogP contribution in [0.1, 0.15) is 51.0 Å². The van der Waals surface area contributed by atoms with Gasteiger partial charge in [0.05, 0.1) is 12.8 Å². The molecule has 1 aliphatic heterocycles. The maximum absolute atomic E-state index is 5.41. The van der Waals surface area contributed by atoms with Crippen molar-refractivity contribution in [2.24, 2.45) is 4.99 Å². The minimum Gasteiger partial charge on any atom is -0.497 e. The zero-order chi connectivity index (χ0) is 20.6. The molecular formula is C22H33N5O2. The van der Waals surface area contributed by atoms with E-state index in [4.69, 9.17) is 14.3 Å². The molecule has 0 saturated carbocycles. The Kier molecular flexibility index (Phi) is 7.38. The third-order valence-corrected chi connectivity index (χ3v) is 5.09. The third-order valence-electron chi connectivity index (χ3n) is 5.09. The monoisotopic (exact) mass is 399 g/mol.